The highest BCUT2D eigenvalue weighted by atomic mass is 32.2. The molecule has 0 aliphatic rings. The predicted molar refractivity (Wildman–Crippen MR) is 97.3 cm³/mol. The average Bonchev–Trinajstić information content (AvgIpc) is 3.08. The molecule has 128 valence electrons. The lowest BCUT2D eigenvalue weighted by atomic mass is 10.1. The molecule has 0 unspecified atom stereocenters. The molecule has 1 aromatic heterocycles. The van der Waals surface area contributed by atoms with Crippen molar-refractivity contribution in [2.24, 2.45) is 0 Å². The monoisotopic (exact) mass is 394 g/mol. The zero-order valence-corrected chi connectivity index (χ0v) is 15.3. The van der Waals surface area contributed by atoms with E-state index in [0.29, 0.717) is 15.7 Å². The summed E-state index contributed by atoms with van der Waals surface area (Å²) in [4.78, 5) is 12.1. The number of Topliss-reactive ketones (excluding diaryl/α,β-unsaturated/α-hetero) is 1. The molecule has 3 nitrogen and oxygen atoms in total. The van der Waals surface area contributed by atoms with E-state index in [1.54, 1.807) is 12.1 Å². The third-order valence-corrected chi connectivity index (χ3v) is 6.42. The first kappa shape index (κ1) is 18.0. The van der Waals surface area contributed by atoms with E-state index in [9.17, 15) is 13.6 Å². The number of carbonyl (C=O) groups excluding carboxylic acids is 1. The maximum absolute atomic E-state index is 12.9. The Bertz CT molecular complexity index is 851. The van der Waals surface area contributed by atoms with Crippen molar-refractivity contribution in [3.05, 3.63) is 71.3 Å². The van der Waals surface area contributed by atoms with Gasteiger partial charge in [-0.3, -0.25) is 4.79 Å². The lowest BCUT2D eigenvalue weighted by Crippen LogP contribution is -2.01. The molecular formula is C17H12F2N2OS3. The minimum Gasteiger partial charge on any atom is -0.293 e. The molecule has 0 fully saturated rings. The number of benzene rings is 2. The van der Waals surface area contributed by atoms with Crippen molar-refractivity contribution >= 4 is 40.6 Å². The maximum Gasteiger partial charge on any atom is 0.175 e. The summed E-state index contributed by atoms with van der Waals surface area (Å²) < 4.78 is 27.2. The summed E-state index contributed by atoms with van der Waals surface area (Å²) >= 11 is 4.24. The Morgan fingerprint density at radius 1 is 0.880 bits per heavy atom. The number of rotatable bonds is 7. The molecule has 3 rings (SSSR count). The van der Waals surface area contributed by atoms with Gasteiger partial charge in [0.15, 0.2) is 14.5 Å². The molecule has 25 heavy (non-hydrogen) atoms. The van der Waals surface area contributed by atoms with E-state index in [4.69, 9.17) is 0 Å². The highest BCUT2D eigenvalue weighted by Gasteiger charge is 2.11. The minimum absolute atomic E-state index is 0.0827. The van der Waals surface area contributed by atoms with Crippen molar-refractivity contribution in [1.29, 1.82) is 0 Å². The first-order valence-corrected chi connectivity index (χ1v) is 10.0. The SMILES string of the molecule is O=C(CSc1nnc(SCc2ccc(F)cc2)s1)c1ccc(F)cc1. The van der Waals surface area contributed by atoms with Gasteiger partial charge in [0.25, 0.3) is 0 Å². The largest absolute Gasteiger partial charge is 0.293 e. The minimum atomic E-state index is -0.365. The number of halogens is 2. The summed E-state index contributed by atoms with van der Waals surface area (Å²) in [6, 6.07) is 11.8. The fourth-order valence-electron chi connectivity index (χ4n) is 1.89. The fraction of sp³-hybridized carbons (Fsp3) is 0.118. The topological polar surface area (TPSA) is 42.9 Å². The van der Waals surface area contributed by atoms with Gasteiger partial charge in [-0.25, -0.2) is 8.78 Å². The molecule has 0 spiro atoms. The molecule has 0 atom stereocenters. The Balaban J connectivity index is 1.50. The van der Waals surface area contributed by atoms with Gasteiger partial charge in [-0.2, -0.15) is 0 Å². The van der Waals surface area contributed by atoms with E-state index in [1.807, 2.05) is 0 Å². The van der Waals surface area contributed by atoms with Gasteiger partial charge in [-0.05, 0) is 42.0 Å². The summed E-state index contributed by atoms with van der Waals surface area (Å²) in [7, 11) is 0. The lowest BCUT2D eigenvalue weighted by molar-refractivity contribution is 0.102. The van der Waals surface area contributed by atoms with Crippen molar-refractivity contribution in [2.45, 2.75) is 14.4 Å². The first-order valence-electron chi connectivity index (χ1n) is 7.22. The van der Waals surface area contributed by atoms with Crippen LogP contribution in [0.15, 0.2) is 57.2 Å². The number of hydrogen-bond acceptors (Lipinski definition) is 6. The second-order valence-electron chi connectivity index (χ2n) is 4.97. The molecule has 0 radical (unpaired) electrons. The number of thioether (sulfide) groups is 2. The van der Waals surface area contributed by atoms with Crippen LogP contribution in [0.5, 0.6) is 0 Å². The smallest absolute Gasteiger partial charge is 0.175 e. The Morgan fingerprint density at radius 3 is 2.08 bits per heavy atom. The van der Waals surface area contributed by atoms with Crippen molar-refractivity contribution in [3.8, 4) is 0 Å². The molecule has 0 aliphatic heterocycles. The summed E-state index contributed by atoms with van der Waals surface area (Å²) in [5.74, 6) is 0.197. The normalized spacial score (nSPS) is 10.8. The number of aromatic nitrogens is 2. The molecule has 1 heterocycles. The van der Waals surface area contributed by atoms with Crippen LogP contribution in [0, 0.1) is 11.6 Å². The number of hydrogen-bond donors (Lipinski definition) is 0. The quantitative estimate of drug-likeness (QED) is 0.413. The zero-order valence-electron chi connectivity index (χ0n) is 12.8. The summed E-state index contributed by atoms with van der Waals surface area (Å²) in [5, 5.41) is 8.15. The van der Waals surface area contributed by atoms with Crippen LogP contribution in [0.1, 0.15) is 15.9 Å². The van der Waals surface area contributed by atoms with Crippen LogP contribution in [0.2, 0.25) is 0 Å². The van der Waals surface area contributed by atoms with Gasteiger partial charge < -0.3 is 0 Å². The predicted octanol–water partition coefficient (Wildman–Crippen LogP) is 5.08. The summed E-state index contributed by atoms with van der Waals surface area (Å²) in [6.07, 6.45) is 0. The van der Waals surface area contributed by atoms with Crippen LogP contribution in [0.25, 0.3) is 0 Å². The van der Waals surface area contributed by atoms with Crippen LogP contribution < -0.4 is 0 Å². The molecule has 2 aromatic carbocycles. The second kappa shape index (κ2) is 8.55. The third kappa shape index (κ3) is 5.35. The Labute approximate surface area is 155 Å². The van der Waals surface area contributed by atoms with Gasteiger partial charge in [0.05, 0.1) is 5.75 Å². The van der Waals surface area contributed by atoms with Crippen molar-refractivity contribution in [1.82, 2.24) is 10.2 Å². The van der Waals surface area contributed by atoms with Crippen LogP contribution in [-0.2, 0) is 5.75 Å². The molecule has 0 amide bonds. The summed E-state index contributed by atoms with van der Waals surface area (Å²) in [6.45, 7) is 0. The molecule has 0 saturated carbocycles. The highest BCUT2D eigenvalue weighted by molar-refractivity contribution is 8.03. The van der Waals surface area contributed by atoms with Gasteiger partial charge in [0.2, 0.25) is 0 Å². The van der Waals surface area contributed by atoms with Gasteiger partial charge in [-0.1, -0.05) is 47.0 Å². The molecule has 0 N–H and O–H groups in total. The van der Waals surface area contributed by atoms with E-state index in [0.717, 1.165) is 9.90 Å². The highest BCUT2D eigenvalue weighted by Crippen LogP contribution is 2.31. The van der Waals surface area contributed by atoms with E-state index in [1.165, 1.54) is 71.3 Å². The van der Waals surface area contributed by atoms with E-state index >= 15 is 0 Å². The molecule has 8 heteroatoms. The molecule has 0 aliphatic carbocycles. The molecule has 0 bridgehead atoms. The van der Waals surface area contributed by atoms with Crippen molar-refractivity contribution in [2.75, 3.05) is 5.75 Å². The fourth-order valence-corrected chi connectivity index (χ4v) is 4.76. The molecule has 3 aromatic rings. The second-order valence-corrected chi connectivity index (χ2v) is 8.39. The van der Waals surface area contributed by atoms with Crippen LogP contribution in [-0.4, -0.2) is 21.7 Å². The maximum atomic E-state index is 12.9. The average molecular weight is 394 g/mol. The summed E-state index contributed by atoms with van der Waals surface area (Å²) in [5.41, 5.74) is 1.48. The van der Waals surface area contributed by atoms with Crippen LogP contribution in [0.4, 0.5) is 8.78 Å². The Hall–Kier alpha value is -1.77. The van der Waals surface area contributed by atoms with Gasteiger partial charge in [0, 0.05) is 11.3 Å². The third-order valence-electron chi connectivity index (χ3n) is 3.16. The first-order chi connectivity index (χ1) is 12.1. The van der Waals surface area contributed by atoms with E-state index < -0.39 is 0 Å². The van der Waals surface area contributed by atoms with Crippen LogP contribution in [0.3, 0.4) is 0 Å². The van der Waals surface area contributed by atoms with Crippen molar-refractivity contribution in [3.63, 3.8) is 0 Å². The number of ketones is 1. The van der Waals surface area contributed by atoms with E-state index in [2.05, 4.69) is 10.2 Å². The van der Waals surface area contributed by atoms with Gasteiger partial charge in [0.1, 0.15) is 11.6 Å². The van der Waals surface area contributed by atoms with E-state index in [-0.39, 0.29) is 23.2 Å². The molecule has 0 saturated heterocycles. The zero-order chi connectivity index (χ0) is 17.6. The van der Waals surface area contributed by atoms with Gasteiger partial charge >= 0.3 is 0 Å². The number of carbonyl (C=O) groups is 1. The van der Waals surface area contributed by atoms with Crippen molar-refractivity contribution < 1.29 is 13.6 Å². The standard InChI is InChI=1S/C17H12F2N2OS3/c18-13-5-1-11(2-6-13)9-23-16-20-21-17(25-16)24-10-15(22)12-3-7-14(19)8-4-12/h1-8H,9-10H2. The van der Waals surface area contributed by atoms with Gasteiger partial charge in [-0.15, -0.1) is 10.2 Å². The Morgan fingerprint density at radius 2 is 1.44 bits per heavy atom. The number of nitrogens with zero attached hydrogens (tertiary/aromatic N) is 2. The lowest BCUT2D eigenvalue weighted by Gasteiger charge is -1.99. The Kier molecular flexibility index (Phi) is 6.17. The molecular weight excluding hydrogens is 382 g/mol. The van der Waals surface area contributed by atoms with Crippen LogP contribution >= 0.6 is 34.9 Å².